The highest BCUT2D eigenvalue weighted by Gasteiger charge is 2.43. The topological polar surface area (TPSA) is 60.1 Å². The number of fused-ring (bicyclic) bond motifs is 3. The van der Waals surface area contributed by atoms with Crippen LogP contribution in [-0.4, -0.2) is 45.1 Å². The van der Waals surface area contributed by atoms with Crippen molar-refractivity contribution in [3.05, 3.63) is 35.7 Å². The molecule has 2 atom stereocenters. The lowest BCUT2D eigenvalue weighted by molar-refractivity contribution is -0.138. The lowest BCUT2D eigenvalue weighted by Crippen LogP contribution is -2.70. The first-order chi connectivity index (χ1) is 12.3. The third kappa shape index (κ3) is 2.06. The summed E-state index contributed by atoms with van der Waals surface area (Å²) in [6.07, 6.45) is 8.35. The second-order valence-electron chi connectivity index (χ2n) is 6.94. The van der Waals surface area contributed by atoms with E-state index in [2.05, 4.69) is 32.7 Å². The van der Waals surface area contributed by atoms with Gasteiger partial charge in [0.2, 0.25) is 0 Å². The van der Waals surface area contributed by atoms with Gasteiger partial charge < -0.3 is 15.0 Å². The number of nitrogens with zero attached hydrogens (tertiary/aromatic N) is 5. The highest BCUT2D eigenvalue weighted by molar-refractivity contribution is 6.34. The molecule has 7 nitrogen and oxygen atoms in total. The average Bonchev–Trinajstić information content (AvgIpc) is 3.22. The van der Waals surface area contributed by atoms with Gasteiger partial charge in [0, 0.05) is 18.5 Å². The molecule has 1 saturated carbocycles. The van der Waals surface area contributed by atoms with E-state index in [-0.39, 0.29) is 12.5 Å². The summed E-state index contributed by atoms with van der Waals surface area (Å²) < 4.78 is 9.79. The van der Waals surface area contributed by atoms with Crippen LogP contribution in [0.4, 0.5) is 5.69 Å². The Labute approximate surface area is 149 Å². The Hall–Kier alpha value is -2.09. The number of aromatic nitrogens is 4. The molecule has 2 bridgehead atoms. The summed E-state index contributed by atoms with van der Waals surface area (Å²) in [5, 5.41) is 14.2. The molecule has 1 aliphatic carbocycles. The lowest BCUT2D eigenvalue weighted by Gasteiger charge is -2.53. The first-order valence-electron chi connectivity index (χ1n) is 8.64. The average molecular weight is 357 g/mol. The van der Waals surface area contributed by atoms with Gasteiger partial charge >= 0.3 is 0 Å². The highest BCUT2D eigenvalue weighted by Crippen LogP contribution is 2.39. The molecule has 128 valence electrons. The molecular formula is C17H17ClN6O. The number of benzene rings is 1. The molecule has 25 heavy (non-hydrogen) atoms. The number of hydrogen-bond donors (Lipinski definition) is 1. The second-order valence-corrected chi connectivity index (χ2v) is 7.35. The van der Waals surface area contributed by atoms with Crippen molar-refractivity contribution < 1.29 is 4.74 Å². The summed E-state index contributed by atoms with van der Waals surface area (Å²) in [5.74, 6) is 0. The SMILES string of the molecule is Clc1cc2cnn(-c3cnn(C4CC4)c3)c2cc1N1C2CNCC1O2. The summed E-state index contributed by atoms with van der Waals surface area (Å²) in [5.41, 5.74) is 3.03. The van der Waals surface area contributed by atoms with Crippen molar-refractivity contribution in [2.75, 3.05) is 18.0 Å². The van der Waals surface area contributed by atoms with E-state index in [1.165, 1.54) is 12.8 Å². The molecule has 3 aliphatic rings. The first-order valence-corrected chi connectivity index (χ1v) is 9.02. The predicted molar refractivity (Wildman–Crippen MR) is 94.1 cm³/mol. The van der Waals surface area contributed by atoms with Crippen LogP contribution in [0.1, 0.15) is 18.9 Å². The van der Waals surface area contributed by atoms with Crippen LogP contribution in [0, 0.1) is 0 Å². The maximum absolute atomic E-state index is 6.56. The van der Waals surface area contributed by atoms with Gasteiger partial charge in [-0.1, -0.05) is 11.6 Å². The Morgan fingerprint density at radius 1 is 1.12 bits per heavy atom. The molecule has 2 aliphatic heterocycles. The number of hydrogen-bond acceptors (Lipinski definition) is 5. The number of piperazine rings is 1. The van der Waals surface area contributed by atoms with E-state index in [0.29, 0.717) is 6.04 Å². The molecule has 2 saturated heterocycles. The molecular weight excluding hydrogens is 340 g/mol. The minimum absolute atomic E-state index is 0.0580. The van der Waals surface area contributed by atoms with Gasteiger partial charge in [-0.05, 0) is 25.0 Å². The molecule has 2 unspecified atom stereocenters. The molecule has 3 fully saturated rings. The third-order valence-corrected chi connectivity index (χ3v) is 5.54. The monoisotopic (exact) mass is 356 g/mol. The van der Waals surface area contributed by atoms with Crippen molar-refractivity contribution >= 4 is 28.2 Å². The third-order valence-electron chi connectivity index (χ3n) is 5.24. The van der Waals surface area contributed by atoms with Crippen molar-refractivity contribution in [2.24, 2.45) is 0 Å². The smallest absolute Gasteiger partial charge is 0.147 e. The van der Waals surface area contributed by atoms with E-state index >= 15 is 0 Å². The maximum atomic E-state index is 6.56. The number of morpholine rings is 1. The predicted octanol–water partition coefficient (Wildman–Crippen LogP) is 2.30. The summed E-state index contributed by atoms with van der Waals surface area (Å²) in [6, 6.07) is 4.67. The number of nitrogens with one attached hydrogen (secondary N) is 1. The minimum Gasteiger partial charge on any atom is -0.332 e. The minimum atomic E-state index is 0.0580. The van der Waals surface area contributed by atoms with Crippen LogP contribution in [-0.2, 0) is 4.74 Å². The molecule has 0 spiro atoms. The zero-order chi connectivity index (χ0) is 16.5. The fourth-order valence-electron chi connectivity index (χ4n) is 3.78. The Balaban J connectivity index is 1.45. The molecule has 1 aromatic carbocycles. The normalized spacial score (nSPS) is 25.4. The molecule has 6 rings (SSSR count). The van der Waals surface area contributed by atoms with E-state index in [4.69, 9.17) is 16.3 Å². The second kappa shape index (κ2) is 4.97. The van der Waals surface area contributed by atoms with E-state index in [1.54, 1.807) is 0 Å². The van der Waals surface area contributed by atoms with Gasteiger partial charge in [0.1, 0.15) is 18.1 Å². The van der Waals surface area contributed by atoms with Crippen molar-refractivity contribution in [1.82, 2.24) is 24.9 Å². The van der Waals surface area contributed by atoms with Crippen LogP contribution in [0.2, 0.25) is 5.02 Å². The largest absolute Gasteiger partial charge is 0.332 e. The van der Waals surface area contributed by atoms with Crippen LogP contribution in [0.15, 0.2) is 30.7 Å². The van der Waals surface area contributed by atoms with Gasteiger partial charge in [-0.15, -0.1) is 0 Å². The summed E-state index contributed by atoms with van der Waals surface area (Å²) in [7, 11) is 0. The number of ether oxygens (including phenoxy) is 1. The van der Waals surface area contributed by atoms with Gasteiger partial charge in [0.25, 0.3) is 0 Å². The number of anilines is 1. The summed E-state index contributed by atoms with van der Waals surface area (Å²) >= 11 is 6.56. The Bertz CT molecular complexity index is 963. The molecule has 4 heterocycles. The zero-order valence-corrected chi connectivity index (χ0v) is 14.2. The van der Waals surface area contributed by atoms with Crippen LogP contribution >= 0.6 is 11.6 Å². The number of halogens is 1. The lowest BCUT2D eigenvalue weighted by atomic mass is 10.1. The number of rotatable bonds is 3. The highest BCUT2D eigenvalue weighted by atomic mass is 35.5. The van der Waals surface area contributed by atoms with Gasteiger partial charge in [-0.3, -0.25) is 4.68 Å². The molecule has 0 amide bonds. The van der Waals surface area contributed by atoms with E-state index in [1.807, 2.05) is 27.8 Å². The van der Waals surface area contributed by atoms with Crippen molar-refractivity contribution in [2.45, 2.75) is 31.3 Å². The van der Waals surface area contributed by atoms with Crippen molar-refractivity contribution in [3.8, 4) is 5.69 Å². The fraction of sp³-hybridized carbons (Fsp3) is 0.412. The van der Waals surface area contributed by atoms with Crippen molar-refractivity contribution in [3.63, 3.8) is 0 Å². The Morgan fingerprint density at radius 2 is 1.96 bits per heavy atom. The van der Waals surface area contributed by atoms with E-state index in [9.17, 15) is 0 Å². The molecule has 2 aromatic heterocycles. The molecule has 0 radical (unpaired) electrons. The Morgan fingerprint density at radius 3 is 2.72 bits per heavy atom. The van der Waals surface area contributed by atoms with E-state index in [0.717, 1.165) is 40.4 Å². The van der Waals surface area contributed by atoms with Crippen LogP contribution in [0.25, 0.3) is 16.6 Å². The molecule has 3 aromatic rings. The summed E-state index contributed by atoms with van der Waals surface area (Å²) in [4.78, 5) is 2.25. The van der Waals surface area contributed by atoms with Crippen LogP contribution < -0.4 is 10.2 Å². The Kier molecular flexibility index (Phi) is 2.81. The molecule has 8 heteroatoms. The maximum Gasteiger partial charge on any atom is 0.147 e. The quantitative estimate of drug-likeness (QED) is 0.780. The van der Waals surface area contributed by atoms with Gasteiger partial charge in [0.15, 0.2) is 0 Å². The zero-order valence-electron chi connectivity index (χ0n) is 13.5. The van der Waals surface area contributed by atoms with Gasteiger partial charge in [-0.2, -0.15) is 10.2 Å². The first kappa shape index (κ1) is 14.1. The van der Waals surface area contributed by atoms with Crippen LogP contribution in [0.3, 0.4) is 0 Å². The molecule has 1 N–H and O–H groups in total. The standard InChI is InChI=1S/C17H17ClN6O/c18-13-3-10-5-21-24(12-6-20-22(9-12)11-1-2-11)14(10)4-15(13)23-16-7-19-8-17(23)25-16/h3-6,9,11,16-17,19H,1-2,7-8H2. The van der Waals surface area contributed by atoms with Gasteiger partial charge in [0.05, 0.1) is 40.9 Å². The summed E-state index contributed by atoms with van der Waals surface area (Å²) in [6.45, 7) is 1.64. The van der Waals surface area contributed by atoms with Crippen LogP contribution in [0.5, 0.6) is 0 Å². The van der Waals surface area contributed by atoms with Crippen molar-refractivity contribution in [1.29, 1.82) is 0 Å². The van der Waals surface area contributed by atoms with Gasteiger partial charge in [-0.25, -0.2) is 4.68 Å². The fourth-order valence-corrected chi connectivity index (χ4v) is 4.05. The van der Waals surface area contributed by atoms with E-state index < -0.39 is 0 Å².